The Labute approximate surface area is 66.8 Å². The molecule has 1 rings (SSSR count). The van der Waals surface area contributed by atoms with Gasteiger partial charge in [-0.05, 0) is 13.1 Å². The quantitative estimate of drug-likeness (QED) is 0.692. The minimum atomic E-state index is 0.845. The second kappa shape index (κ2) is 3.34. The molecule has 1 N–H and O–H groups in total. The van der Waals surface area contributed by atoms with Gasteiger partial charge in [0, 0.05) is 13.6 Å². The zero-order chi connectivity index (χ0) is 8.27. The molecule has 60 valence electrons. The fraction of sp³-hybridized carbons (Fsp3) is 0.375. The van der Waals surface area contributed by atoms with Gasteiger partial charge in [0.05, 0.1) is 11.9 Å². The summed E-state index contributed by atoms with van der Waals surface area (Å²) in [4.78, 5) is 4.16. The molecule has 3 heteroatoms. The van der Waals surface area contributed by atoms with Crippen molar-refractivity contribution in [3.8, 4) is 0 Å². The maximum absolute atomic E-state index is 4.16. The Morgan fingerprint density at radius 3 is 3.00 bits per heavy atom. The first-order valence-corrected chi connectivity index (χ1v) is 3.57. The van der Waals surface area contributed by atoms with Gasteiger partial charge in [-0.1, -0.05) is 6.58 Å². The summed E-state index contributed by atoms with van der Waals surface area (Å²) in [6, 6.07) is 0. The number of rotatable bonds is 3. The largest absolute Gasteiger partial charge is 0.330 e. The molecule has 0 fully saturated rings. The molecule has 0 aliphatic carbocycles. The van der Waals surface area contributed by atoms with E-state index in [1.165, 1.54) is 5.69 Å². The second-order valence-electron chi connectivity index (χ2n) is 2.40. The van der Waals surface area contributed by atoms with Gasteiger partial charge >= 0.3 is 0 Å². The summed E-state index contributed by atoms with van der Waals surface area (Å²) in [5.74, 6) is 0.912. The van der Waals surface area contributed by atoms with Crippen molar-refractivity contribution in [3.05, 3.63) is 24.3 Å². The molecule has 11 heavy (non-hydrogen) atoms. The standard InChI is InChI=1S/C8H13N3/c1-4-8-10-6-7(5-9-2)11(8)3/h4,6,9H,1,5H2,2-3H3. The minimum Gasteiger partial charge on any atom is -0.330 e. The van der Waals surface area contributed by atoms with Crippen LogP contribution in [0.1, 0.15) is 11.5 Å². The molecule has 0 bridgehead atoms. The van der Waals surface area contributed by atoms with Gasteiger partial charge in [0.15, 0.2) is 0 Å². The molecule has 1 aromatic heterocycles. The molecule has 0 radical (unpaired) electrons. The van der Waals surface area contributed by atoms with Crippen LogP contribution in [0.4, 0.5) is 0 Å². The van der Waals surface area contributed by atoms with Crippen molar-refractivity contribution in [2.24, 2.45) is 7.05 Å². The molecule has 0 atom stereocenters. The van der Waals surface area contributed by atoms with E-state index in [-0.39, 0.29) is 0 Å². The van der Waals surface area contributed by atoms with Crippen LogP contribution in [0.2, 0.25) is 0 Å². The fourth-order valence-corrected chi connectivity index (χ4v) is 0.996. The van der Waals surface area contributed by atoms with Crippen LogP contribution in [0.5, 0.6) is 0 Å². The third-order valence-corrected chi connectivity index (χ3v) is 1.66. The molecule has 0 saturated carbocycles. The lowest BCUT2D eigenvalue weighted by molar-refractivity contribution is 0.730. The average molecular weight is 151 g/mol. The van der Waals surface area contributed by atoms with E-state index in [9.17, 15) is 0 Å². The van der Waals surface area contributed by atoms with Gasteiger partial charge in [-0.15, -0.1) is 0 Å². The van der Waals surface area contributed by atoms with Gasteiger partial charge in [-0.2, -0.15) is 0 Å². The normalized spacial score (nSPS) is 10.0. The van der Waals surface area contributed by atoms with E-state index in [4.69, 9.17) is 0 Å². The molecule has 0 unspecified atom stereocenters. The first-order valence-electron chi connectivity index (χ1n) is 3.57. The maximum Gasteiger partial charge on any atom is 0.131 e. The predicted molar refractivity (Wildman–Crippen MR) is 46.1 cm³/mol. The molecule has 0 amide bonds. The third kappa shape index (κ3) is 1.49. The summed E-state index contributed by atoms with van der Waals surface area (Å²) in [5, 5.41) is 3.07. The van der Waals surface area contributed by atoms with E-state index in [1.807, 2.05) is 24.9 Å². The van der Waals surface area contributed by atoms with E-state index in [2.05, 4.69) is 16.9 Å². The molecule has 0 spiro atoms. The van der Waals surface area contributed by atoms with Crippen LogP contribution >= 0.6 is 0 Å². The van der Waals surface area contributed by atoms with Crippen molar-refractivity contribution in [1.29, 1.82) is 0 Å². The average Bonchev–Trinajstić information content (AvgIpc) is 2.34. The molecule has 0 aliphatic rings. The van der Waals surface area contributed by atoms with Gasteiger partial charge in [0.25, 0.3) is 0 Å². The summed E-state index contributed by atoms with van der Waals surface area (Å²) < 4.78 is 2.02. The van der Waals surface area contributed by atoms with Crippen molar-refractivity contribution in [2.45, 2.75) is 6.54 Å². The third-order valence-electron chi connectivity index (χ3n) is 1.66. The van der Waals surface area contributed by atoms with Crippen LogP contribution in [-0.2, 0) is 13.6 Å². The Kier molecular flexibility index (Phi) is 2.44. The molecule has 3 nitrogen and oxygen atoms in total. The Balaban J connectivity index is 2.90. The number of aromatic nitrogens is 2. The highest BCUT2D eigenvalue weighted by atomic mass is 15.1. The number of nitrogens with one attached hydrogen (secondary N) is 1. The van der Waals surface area contributed by atoms with E-state index in [0.717, 1.165) is 12.4 Å². The van der Waals surface area contributed by atoms with Gasteiger partial charge in [0.1, 0.15) is 5.82 Å². The zero-order valence-corrected chi connectivity index (χ0v) is 6.96. The smallest absolute Gasteiger partial charge is 0.131 e. The van der Waals surface area contributed by atoms with E-state index in [1.54, 1.807) is 6.08 Å². The van der Waals surface area contributed by atoms with E-state index in [0.29, 0.717) is 0 Å². The molecule has 0 saturated heterocycles. The van der Waals surface area contributed by atoms with Gasteiger partial charge in [-0.3, -0.25) is 0 Å². The van der Waals surface area contributed by atoms with Gasteiger partial charge < -0.3 is 9.88 Å². The number of imidazole rings is 1. The van der Waals surface area contributed by atoms with Crippen LogP contribution in [0.3, 0.4) is 0 Å². The highest BCUT2D eigenvalue weighted by Crippen LogP contribution is 2.02. The maximum atomic E-state index is 4.16. The van der Waals surface area contributed by atoms with Crippen molar-refractivity contribution >= 4 is 6.08 Å². The molecular formula is C8H13N3. The predicted octanol–water partition coefficient (Wildman–Crippen LogP) is 0.782. The highest BCUT2D eigenvalue weighted by Gasteiger charge is 2.00. The monoisotopic (exact) mass is 151 g/mol. The summed E-state index contributed by atoms with van der Waals surface area (Å²) in [7, 11) is 3.90. The van der Waals surface area contributed by atoms with Gasteiger partial charge in [-0.25, -0.2) is 4.98 Å². The van der Waals surface area contributed by atoms with Gasteiger partial charge in [0.2, 0.25) is 0 Å². The molecule has 0 aromatic carbocycles. The first-order chi connectivity index (χ1) is 5.29. The first kappa shape index (κ1) is 8.01. The van der Waals surface area contributed by atoms with Crippen LogP contribution in [0.25, 0.3) is 6.08 Å². The summed E-state index contributed by atoms with van der Waals surface area (Å²) in [6.07, 6.45) is 3.60. The number of hydrogen-bond donors (Lipinski definition) is 1. The Morgan fingerprint density at radius 2 is 2.55 bits per heavy atom. The Hall–Kier alpha value is -1.09. The minimum absolute atomic E-state index is 0.845. The molecule has 1 aromatic rings. The van der Waals surface area contributed by atoms with E-state index >= 15 is 0 Å². The lowest BCUT2D eigenvalue weighted by Crippen LogP contribution is -2.09. The SMILES string of the molecule is C=Cc1ncc(CNC)n1C. The van der Waals surface area contributed by atoms with Crippen LogP contribution in [-0.4, -0.2) is 16.6 Å². The van der Waals surface area contributed by atoms with Crippen LogP contribution in [0, 0.1) is 0 Å². The fourth-order valence-electron chi connectivity index (χ4n) is 0.996. The van der Waals surface area contributed by atoms with Crippen LogP contribution < -0.4 is 5.32 Å². The number of hydrogen-bond acceptors (Lipinski definition) is 2. The van der Waals surface area contributed by atoms with Crippen molar-refractivity contribution in [1.82, 2.24) is 14.9 Å². The Bertz CT molecular complexity index is 250. The molecular weight excluding hydrogens is 138 g/mol. The summed E-state index contributed by atoms with van der Waals surface area (Å²) in [6.45, 7) is 4.51. The zero-order valence-electron chi connectivity index (χ0n) is 6.96. The van der Waals surface area contributed by atoms with Crippen LogP contribution in [0.15, 0.2) is 12.8 Å². The number of nitrogens with zero attached hydrogens (tertiary/aromatic N) is 2. The van der Waals surface area contributed by atoms with Crippen molar-refractivity contribution in [2.75, 3.05) is 7.05 Å². The van der Waals surface area contributed by atoms with Crippen molar-refractivity contribution in [3.63, 3.8) is 0 Å². The lowest BCUT2D eigenvalue weighted by atomic mass is 10.4. The summed E-state index contributed by atoms with van der Waals surface area (Å²) >= 11 is 0. The van der Waals surface area contributed by atoms with Crippen molar-refractivity contribution < 1.29 is 0 Å². The molecule has 1 heterocycles. The molecule has 0 aliphatic heterocycles. The highest BCUT2D eigenvalue weighted by molar-refractivity contribution is 5.37. The second-order valence-corrected chi connectivity index (χ2v) is 2.40. The lowest BCUT2D eigenvalue weighted by Gasteiger charge is -2.01. The topological polar surface area (TPSA) is 29.9 Å². The summed E-state index contributed by atoms with van der Waals surface area (Å²) in [5.41, 5.74) is 1.17. The van der Waals surface area contributed by atoms with E-state index < -0.39 is 0 Å². The Morgan fingerprint density at radius 1 is 1.82 bits per heavy atom.